The molecule has 0 amide bonds. The maximum absolute atomic E-state index is 11.2. The Labute approximate surface area is 173 Å². The highest BCUT2D eigenvalue weighted by Crippen LogP contribution is 2.18. The number of hydrogen-bond acceptors (Lipinski definition) is 5. The monoisotopic (exact) mass is 452 g/mol. The Morgan fingerprint density at radius 2 is 1.35 bits per heavy atom. The van der Waals surface area contributed by atoms with Crippen molar-refractivity contribution >= 4 is 56.3 Å². The van der Waals surface area contributed by atoms with E-state index >= 15 is 0 Å². The molecule has 0 bridgehead atoms. The molecule has 0 fully saturated rings. The SMILES string of the molecule is COC(=S)c1ccc(C)c(Br)c1.COC(=S)c1ccc(C)c(C(C)=O)c1. The summed E-state index contributed by atoms with van der Waals surface area (Å²) in [7, 11) is 3.10. The van der Waals surface area contributed by atoms with E-state index in [0.717, 1.165) is 21.2 Å². The second-order valence-corrected chi connectivity index (χ2v) is 7.13. The first kappa shape index (κ1) is 22.4. The summed E-state index contributed by atoms with van der Waals surface area (Å²) >= 11 is 13.4. The smallest absolute Gasteiger partial charge is 0.190 e. The number of rotatable bonds is 3. The van der Waals surface area contributed by atoms with Crippen LogP contribution in [0.4, 0.5) is 0 Å². The van der Waals surface area contributed by atoms with Crippen molar-refractivity contribution in [2.45, 2.75) is 20.8 Å². The highest BCUT2D eigenvalue weighted by Gasteiger charge is 2.07. The molecule has 26 heavy (non-hydrogen) atoms. The lowest BCUT2D eigenvalue weighted by atomic mass is 10.0. The molecule has 3 nitrogen and oxygen atoms in total. The molecule has 2 aromatic rings. The molecule has 0 aliphatic rings. The van der Waals surface area contributed by atoms with Gasteiger partial charge in [-0.05, 0) is 68.5 Å². The molecule has 0 aliphatic heterocycles. The molecule has 0 radical (unpaired) electrons. The zero-order chi connectivity index (χ0) is 19.9. The molecule has 0 atom stereocenters. The highest BCUT2D eigenvalue weighted by molar-refractivity contribution is 9.10. The van der Waals surface area contributed by atoms with E-state index in [4.69, 9.17) is 33.9 Å². The van der Waals surface area contributed by atoms with Crippen molar-refractivity contribution in [3.05, 3.63) is 68.7 Å². The second-order valence-electron chi connectivity index (χ2n) is 5.53. The third-order valence-electron chi connectivity index (χ3n) is 3.63. The molecular weight excluding hydrogens is 432 g/mol. The van der Waals surface area contributed by atoms with E-state index in [2.05, 4.69) is 15.9 Å². The van der Waals surface area contributed by atoms with Crippen LogP contribution in [0, 0.1) is 13.8 Å². The minimum Gasteiger partial charge on any atom is -0.486 e. The van der Waals surface area contributed by atoms with Gasteiger partial charge in [-0.1, -0.05) is 40.2 Å². The largest absolute Gasteiger partial charge is 0.486 e. The van der Waals surface area contributed by atoms with Crippen molar-refractivity contribution in [1.82, 2.24) is 0 Å². The maximum Gasteiger partial charge on any atom is 0.190 e. The minimum atomic E-state index is 0.0447. The van der Waals surface area contributed by atoms with Gasteiger partial charge in [0, 0.05) is 21.2 Å². The van der Waals surface area contributed by atoms with Gasteiger partial charge in [0.15, 0.2) is 15.9 Å². The van der Waals surface area contributed by atoms with Gasteiger partial charge in [-0.15, -0.1) is 0 Å². The van der Waals surface area contributed by atoms with Gasteiger partial charge in [-0.2, -0.15) is 0 Å². The lowest BCUT2D eigenvalue weighted by molar-refractivity contribution is 0.101. The fourth-order valence-electron chi connectivity index (χ4n) is 2.08. The number of hydrogen-bond donors (Lipinski definition) is 0. The first-order chi connectivity index (χ1) is 12.2. The van der Waals surface area contributed by atoms with Gasteiger partial charge in [-0.25, -0.2) is 0 Å². The molecule has 2 rings (SSSR count). The summed E-state index contributed by atoms with van der Waals surface area (Å²) in [5.41, 5.74) is 4.56. The Hall–Kier alpha value is -1.63. The Bertz CT molecular complexity index is 832. The molecular formula is C20H21BrO3S2. The molecule has 6 heteroatoms. The van der Waals surface area contributed by atoms with E-state index in [1.165, 1.54) is 12.7 Å². The molecule has 0 saturated heterocycles. The quantitative estimate of drug-likeness (QED) is 0.447. The maximum atomic E-state index is 11.2. The van der Waals surface area contributed by atoms with Crippen LogP contribution in [0.5, 0.6) is 0 Å². The number of Topliss-reactive ketones (excluding diaryl/α,β-unsaturated/α-hetero) is 1. The van der Waals surface area contributed by atoms with E-state index in [9.17, 15) is 4.79 Å². The van der Waals surface area contributed by atoms with Gasteiger partial charge in [0.05, 0.1) is 14.2 Å². The van der Waals surface area contributed by atoms with Crippen LogP contribution in [0.3, 0.4) is 0 Å². The van der Waals surface area contributed by atoms with Crippen molar-refractivity contribution in [2.75, 3.05) is 14.2 Å². The zero-order valence-corrected chi connectivity index (χ0v) is 18.6. The predicted molar refractivity (Wildman–Crippen MR) is 117 cm³/mol. The van der Waals surface area contributed by atoms with Crippen molar-refractivity contribution in [1.29, 1.82) is 0 Å². The number of carbonyl (C=O) groups is 1. The second kappa shape index (κ2) is 10.5. The first-order valence-corrected chi connectivity index (χ1v) is 9.36. The lowest BCUT2D eigenvalue weighted by Crippen LogP contribution is -2.03. The van der Waals surface area contributed by atoms with Gasteiger partial charge < -0.3 is 9.47 Å². The van der Waals surface area contributed by atoms with Gasteiger partial charge in [-0.3, -0.25) is 4.79 Å². The van der Waals surface area contributed by atoms with E-state index < -0.39 is 0 Å². The van der Waals surface area contributed by atoms with Crippen LogP contribution in [0.25, 0.3) is 0 Å². The van der Waals surface area contributed by atoms with Crippen molar-refractivity contribution in [2.24, 2.45) is 0 Å². The average molecular weight is 453 g/mol. The van der Waals surface area contributed by atoms with Crippen molar-refractivity contribution < 1.29 is 14.3 Å². The molecule has 0 spiro atoms. The van der Waals surface area contributed by atoms with E-state index in [1.54, 1.807) is 20.1 Å². The zero-order valence-electron chi connectivity index (χ0n) is 15.4. The molecule has 138 valence electrons. The van der Waals surface area contributed by atoms with Crippen LogP contribution < -0.4 is 0 Å². The van der Waals surface area contributed by atoms with Gasteiger partial charge in [0.1, 0.15) is 0 Å². The molecule has 0 aliphatic carbocycles. The molecule has 0 heterocycles. The molecule has 0 aromatic heterocycles. The number of carbonyl (C=O) groups excluding carboxylic acids is 1. The third kappa shape index (κ3) is 6.27. The Morgan fingerprint density at radius 3 is 1.77 bits per heavy atom. The summed E-state index contributed by atoms with van der Waals surface area (Å²) < 4.78 is 10.9. The standard InChI is InChI=1S/C11H12O2S.C9H9BrOS/c1-7-4-5-9(11(14)13-3)6-10(7)8(2)12;1-6-3-4-7(5-8(6)10)9(12)11-2/h4-6H,1-3H3;3-5H,1-2H3. The summed E-state index contributed by atoms with van der Waals surface area (Å²) in [5, 5.41) is 0.934. The van der Waals surface area contributed by atoms with Crippen LogP contribution in [0.2, 0.25) is 0 Å². The number of methoxy groups -OCH3 is 2. The van der Waals surface area contributed by atoms with Crippen LogP contribution in [0.15, 0.2) is 40.9 Å². The van der Waals surface area contributed by atoms with Crippen LogP contribution in [0.1, 0.15) is 39.5 Å². The number of aryl methyl sites for hydroxylation is 2. The number of halogens is 1. The summed E-state index contributed by atoms with van der Waals surface area (Å²) in [5.74, 6) is 0.0447. The molecule has 0 unspecified atom stereocenters. The summed E-state index contributed by atoms with van der Waals surface area (Å²) in [4.78, 5) is 11.2. The summed E-state index contributed by atoms with van der Waals surface area (Å²) in [6.45, 7) is 5.47. The average Bonchev–Trinajstić information content (AvgIpc) is 2.63. The Kier molecular flexibility index (Phi) is 9.05. The van der Waals surface area contributed by atoms with Crippen LogP contribution >= 0.6 is 40.4 Å². The summed E-state index contributed by atoms with van der Waals surface area (Å²) in [6, 6.07) is 11.4. The summed E-state index contributed by atoms with van der Waals surface area (Å²) in [6.07, 6.45) is 0. The van der Waals surface area contributed by atoms with E-state index in [-0.39, 0.29) is 5.78 Å². The Balaban J connectivity index is 0.000000263. The van der Waals surface area contributed by atoms with E-state index in [1.807, 2.05) is 44.2 Å². The Morgan fingerprint density at radius 1 is 0.885 bits per heavy atom. The van der Waals surface area contributed by atoms with Gasteiger partial charge in [0.2, 0.25) is 0 Å². The molecule has 2 aromatic carbocycles. The predicted octanol–water partition coefficient (Wildman–Crippen LogP) is 5.60. The topological polar surface area (TPSA) is 35.5 Å². The molecule has 0 saturated carbocycles. The van der Waals surface area contributed by atoms with Gasteiger partial charge in [0.25, 0.3) is 0 Å². The fourth-order valence-corrected chi connectivity index (χ4v) is 2.72. The highest BCUT2D eigenvalue weighted by atomic mass is 79.9. The first-order valence-electron chi connectivity index (χ1n) is 7.75. The number of ketones is 1. The van der Waals surface area contributed by atoms with Gasteiger partial charge >= 0.3 is 0 Å². The number of thiocarbonyl (C=S) groups is 2. The van der Waals surface area contributed by atoms with Crippen molar-refractivity contribution in [3.8, 4) is 0 Å². The van der Waals surface area contributed by atoms with Crippen LogP contribution in [-0.2, 0) is 9.47 Å². The van der Waals surface area contributed by atoms with Crippen molar-refractivity contribution in [3.63, 3.8) is 0 Å². The van der Waals surface area contributed by atoms with E-state index in [0.29, 0.717) is 15.7 Å². The lowest BCUT2D eigenvalue weighted by Gasteiger charge is -2.06. The number of benzene rings is 2. The third-order valence-corrected chi connectivity index (χ3v) is 5.29. The minimum absolute atomic E-state index is 0.0447. The van der Waals surface area contributed by atoms with Crippen LogP contribution in [-0.4, -0.2) is 30.1 Å². The fraction of sp³-hybridized carbons (Fsp3) is 0.250. The normalized spacial score (nSPS) is 9.62. The molecule has 0 N–H and O–H groups in total. The number of ether oxygens (including phenoxy) is 2.